The van der Waals surface area contributed by atoms with E-state index < -0.39 is 9.84 Å². The topological polar surface area (TPSA) is 76.1 Å². The van der Waals surface area contributed by atoms with E-state index in [2.05, 4.69) is 28.5 Å². The summed E-state index contributed by atoms with van der Waals surface area (Å²) in [6.07, 6.45) is 7.98. The smallest absolute Gasteiger partial charge is 0.181 e. The molecule has 0 radical (unpaired) electrons. The lowest BCUT2D eigenvalue weighted by atomic mass is 9.71. The number of nitrogens with one attached hydrogen (secondary N) is 1. The molecule has 0 bridgehead atoms. The Hall–Kier alpha value is -2.57. The normalized spacial score (nSPS) is 27.0. The van der Waals surface area contributed by atoms with Crippen molar-refractivity contribution in [1.82, 2.24) is 10.3 Å². The highest BCUT2D eigenvalue weighted by molar-refractivity contribution is 7.92. The Balaban J connectivity index is 1.23. The van der Waals surface area contributed by atoms with Crippen LogP contribution < -0.4 is 5.32 Å². The molecule has 2 heterocycles. The number of rotatable bonds is 4. The van der Waals surface area contributed by atoms with E-state index in [1.165, 1.54) is 12.8 Å². The van der Waals surface area contributed by atoms with E-state index in [9.17, 15) is 13.2 Å². The molecule has 1 spiro atoms. The quantitative estimate of drug-likeness (QED) is 0.505. The SMILES string of the molecule is Cc1c(-c2ccc3cccnc3c2)ccc(S(=O)(=O)C2CCC3(CC2)CC(C2CC2)C(=O)CN3)c1C. The Bertz CT molecular complexity index is 1450. The third kappa shape index (κ3) is 4.08. The summed E-state index contributed by atoms with van der Waals surface area (Å²) < 4.78 is 27.6. The summed E-state index contributed by atoms with van der Waals surface area (Å²) in [6, 6.07) is 14.0. The van der Waals surface area contributed by atoms with Gasteiger partial charge in [0, 0.05) is 23.0 Å². The average molecular weight is 503 g/mol. The van der Waals surface area contributed by atoms with Crippen LogP contribution in [0.5, 0.6) is 0 Å². The van der Waals surface area contributed by atoms with Gasteiger partial charge < -0.3 is 5.32 Å². The number of carbonyl (C=O) groups is 1. The molecule has 1 unspecified atom stereocenters. The summed E-state index contributed by atoms with van der Waals surface area (Å²) in [5.41, 5.74) is 4.80. The van der Waals surface area contributed by atoms with Crippen molar-refractivity contribution in [2.24, 2.45) is 11.8 Å². The molecule has 5 nitrogen and oxygen atoms in total. The molecule has 6 heteroatoms. The van der Waals surface area contributed by atoms with Crippen molar-refractivity contribution in [2.45, 2.75) is 74.5 Å². The first kappa shape index (κ1) is 23.8. The number of piperidine rings is 1. The predicted octanol–water partition coefficient (Wildman–Crippen LogP) is 5.56. The van der Waals surface area contributed by atoms with E-state index in [0.717, 1.165) is 52.4 Å². The van der Waals surface area contributed by atoms with Gasteiger partial charge in [0.25, 0.3) is 0 Å². The zero-order valence-electron chi connectivity index (χ0n) is 21.1. The van der Waals surface area contributed by atoms with Gasteiger partial charge in [0.2, 0.25) is 0 Å². The number of pyridine rings is 1. The highest BCUT2D eigenvalue weighted by Gasteiger charge is 2.48. The van der Waals surface area contributed by atoms with Crippen LogP contribution in [0.3, 0.4) is 0 Å². The molecule has 2 aliphatic carbocycles. The van der Waals surface area contributed by atoms with E-state index in [-0.39, 0.29) is 16.7 Å². The molecule has 1 N–H and O–H groups in total. The molecular formula is C30H34N2O3S. The lowest BCUT2D eigenvalue weighted by Gasteiger charge is -2.45. The molecule has 1 saturated heterocycles. The number of carbonyl (C=O) groups excluding carboxylic acids is 1. The number of sulfone groups is 1. The van der Waals surface area contributed by atoms with Crippen molar-refractivity contribution in [1.29, 1.82) is 0 Å². The van der Waals surface area contributed by atoms with Gasteiger partial charge in [-0.2, -0.15) is 0 Å². The molecule has 6 rings (SSSR count). The molecule has 188 valence electrons. The largest absolute Gasteiger partial charge is 0.304 e. The van der Waals surface area contributed by atoms with Gasteiger partial charge in [-0.1, -0.05) is 24.3 Å². The van der Waals surface area contributed by atoms with Gasteiger partial charge in [0.1, 0.15) is 5.78 Å². The first-order chi connectivity index (χ1) is 17.3. The zero-order chi connectivity index (χ0) is 25.1. The molecule has 0 amide bonds. The number of aromatic nitrogens is 1. The van der Waals surface area contributed by atoms with Crippen LogP contribution in [0, 0.1) is 25.7 Å². The second kappa shape index (κ2) is 8.77. The Morgan fingerprint density at radius 3 is 2.50 bits per heavy atom. The van der Waals surface area contributed by atoms with Gasteiger partial charge in [-0.05, 0) is 105 Å². The van der Waals surface area contributed by atoms with Crippen LogP contribution in [-0.2, 0) is 14.6 Å². The molecule has 1 aromatic heterocycles. The van der Waals surface area contributed by atoms with Crippen molar-refractivity contribution in [3.05, 3.63) is 59.8 Å². The average Bonchev–Trinajstić information content (AvgIpc) is 3.73. The van der Waals surface area contributed by atoms with Gasteiger partial charge in [-0.3, -0.25) is 9.78 Å². The molecule has 2 aromatic carbocycles. The van der Waals surface area contributed by atoms with Crippen LogP contribution >= 0.6 is 0 Å². The molecule has 3 aliphatic rings. The zero-order valence-corrected chi connectivity index (χ0v) is 21.9. The van der Waals surface area contributed by atoms with Crippen LogP contribution in [0.15, 0.2) is 53.6 Å². The van der Waals surface area contributed by atoms with E-state index >= 15 is 0 Å². The summed E-state index contributed by atoms with van der Waals surface area (Å²) >= 11 is 0. The minimum atomic E-state index is -3.44. The Morgan fingerprint density at radius 1 is 0.972 bits per heavy atom. The molecule has 36 heavy (non-hydrogen) atoms. The molecule has 1 aliphatic heterocycles. The minimum absolute atomic E-state index is 0.0634. The van der Waals surface area contributed by atoms with Gasteiger partial charge in [0.15, 0.2) is 9.84 Å². The lowest BCUT2D eigenvalue weighted by Crippen LogP contribution is -2.57. The highest BCUT2D eigenvalue weighted by atomic mass is 32.2. The maximum atomic E-state index is 13.8. The van der Waals surface area contributed by atoms with Crippen molar-refractivity contribution in [3.8, 4) is 11.1 Å². The monoisotopic (exact) mass is 502 g/mol. The van der Waals surface area contributed by atoms with Crippen molar-refractivity contribution in [3.63, 3.8) is 0 Å². The maximum absolute atomic E-state index is 13.8. The second-order valence-corrected chi connectivity index (χ2v) is 13.5. The molecule has 2 saturated carbocycles. The maximum Gasteiger partial charge on any atom is 0.181 e. The number of ketones is 1. The first-order valence-electron chi connectivity index (χ1n) is 13.2. The fraction of sp³-hybridized carbons (Fsp3) is 0.467. The highest BCUT2D eigenvalue weighted by Crippen LogP contribution is 2.47. The third-order valence-electron chi connectivity index (χ3n) is 9.14. The Morgan fingerprint density at radius 2 is 1.75 bits per heavy atom. The van der Waals surface area contributed by atoms with E-state index in [4.69, 9.17) is 0 Å². The summed E-state index contributed by atoms with van der Waals surface area (Å²) in [5, 5.41) is 4.24. The Labute approximate surface area is 213 Å². The standard InChI is InChI=1S/C30H34N2O3S/c1-19-20(2)29(10-9-25(19)23-8-7-22-4-3-15-31-27(22)16-23)36(34,35)24-11-13-30(14-12-24)17-26(21-5-6-21)28(33)18-32-30/h3-4,7-10,15-16,21,24,26,32H,5-6,11-14,17-18H2,1-2H3. The van der Waals surface area contributed by atoms with Gasteiger partial charge in [0.05, 0.1) is 22.2 Å². The second-order valence-electron chi connectivity index (χ2n) is 11.3. The number of fused-ring (bicyclic) bond motifs is 1. The van der Waals surface area contributed by atoms with Crippen LogP contribution in [0.25, 0.3) is 22.0 Å². The molecule has 1 atom stereocenters. The van der Waals surface area contributed by atoms with Crippen LogP contribution in [-0.4, -0.2) is 36.5 Å². The van der Waals surface area contributed by atoms with E-state index in [0.29, 0.717) is 36.0 Å². The summed E-state index contributed by atoms with van der Waals surface area (Å²) in [7, 11) is -3.44. The fourth-order valence-corrected chi connectivity index (χ4v) is 8.66. The predicted molar refractivity (Wildman–Crippen MR) is 143 cm³/mol. The summed E-state index contributed by atoms with van der Waals surface area (Å²) in [4.78, 5) is 17.4. The van der Waals surface area contributed by atoms with Gasteiger partial charge in [-0.25, -0.2) is 8.42 Å². The fourth-order valence-electron chi connectivity index (χ4n) is 6.61. The van der Waals surface area contributed by atoms with Crippen LogP contribution in [0.4, 0.5) is 0 Å². The number of benzene rings is 2. The van der Waals surface area contributed by atoms with Crippen LogP contribution in [0.1, 0.15) is 56.1 Å². The number of nitrogens with zero attached hydrogens (tertiary/aromatic N) is 1. The summed E-state index contributed by atoms with van der Waals surface area (Å²) in [6.45, 7) is 4.40. The van der Waals surface area contributed by atoms with Crippen molar-refractivity contribution >= 4 is 26.5 Å². The van der Waals surface area contributed by atoms with Crippen molar-refractivity contribution < 1.29 is 13.2 Å². The van der Waals surface area contributed by atoms with Gasteiger partial charge in [-0.15, -0.1) is 0 Å². The molecular weight excluding hydrogens is 468 g/mol. The number of hydrogen-bond donors (Lipinski definition) is 1. The third-order valence-corrected chi connectivity index (χ3v) is 11.5. The number of Topliss-reactive ketones (excluding diaryl/α,β-unsaturated/α-hetero) is 1. The molecule has 3 aromatic rings. The van der Waals surface area contributed by atoms with Gasteiger partial charge >= 0.3 is 0 Å². The Kier molecular flexibility index (Phi) is 5.80. The van der Waals surface area contributed by atoms with Crippen LogP contribution in [0.2, 0.25) is 0 Å². The number of hydrogen-bond acceptors (Lipinski definition) is 5. The molecule has 3 fully saturated rings. The summed E-state index contributed by atoms with van der Waals surface area (Å²) in [5.74, 6) is 1.11. The first-order valence-corrected chi connectivity index (χ1v) is 14.8. The minimum Gasteiger partial charge on any atom is -0.304 e. The van der Waals surface area contributed by atoms with E-state index in [1.807, 2.05) is 32.0 Å². The lowest BCUT2D eigenvalue weighted by molar-refractivity contribution is -0.126. The van der Waals surface area contributed by atoms with E-state index in [1.54, 1.807) is 12.3 Å². The van der Waals surface area contributed by atoms with Crippen molar-refractivity contribution in [2.75, 3.05) is 6.54 Å².